The van der Waals surface area contributed by atoms with Crippen molar-refractivity contribution in [1.82, 2.24) is 0 Å². The average molecular weight is 741 g/mol. The summed E-state index contributed by atoms with van der Waals surface area (Å²) in [4.78, 5) is 0. The molecule has 11 rings (SSSR count). The smallest absolute Gasteiger partial charge is 0.143 e. The number of fused-ring (bicyclic) bond motifs is 10. The van der Waals surface area contributed by atoms with Gasteiger partial charge in [0, 0.05) is 16.2 Å². The summed E-state index contributed by atoms with van der Waals surface area (Å²) >= 11 is 0. The zero-order valence-electron chi connectivity index (χ0n) is 35.1. The third-order valence-corrected chi connectivity index (χ3v) is 14.3. The minimum atomic E-state index is 0.924. The molecule has 0 aliphatic rings. The Morgan fingerprint density at radius 2 is 0.780 bits per heavy atom. The Balaban J connectivity index is 1.24. The molecular formula is C50H38B8O. The van der Waals surface area contributed by atoms with Crippen LogP contribution in [0.3, 0.4) is 0 Å². The normalized spacial score (nSPS) is 11.9. The molecular weight excluding hydrogens is 703 g/mol. The van der Waals surface area contributed by atoms with Crippen LogP contribution < -0.4 is 43.7 Å². The highest BCUT2D eigenvalue weighted by molar-refractivity contribution is 6.71. The van der Waals surface area contributed by atoms with E-state index in [1.165, 1.54) is 131 Å². The summed E-state index contributed by atoms with van der Waals surface area (Å²) in [5.74, 6) is 0. The van der Waals surface area contributed by atoms with Gasteiger partial charge in [-0.3, -0.25) is 0 Å². The van der Waals surface area contributed by atoms with Crippen molar-refractivity contribution >= 4 is 182 Å². The Kier molecular flexibility index (Phi) is 8.02. The topological polar surface area (TPSA) is 13.1 Å². The van der Waals surface area contributed by atoms with Crippen molar-refractivity contribution in [2.75, 3.05) is 0 Å². The molecule has 268 valence electrons. The molecule has 0 unspecified atom stereocenters. The summed E-state index contributed by atoms with van der Waals surface area (Å²) in [6.45, 7) is 0. The molecule has 0 saturated carbocycles. The fraction of sp³-hybridized carbons (Fsp3) is 0. The van der Waals surface area contributed by atoms with Gasteiger partial charge in [0.05, 0.1) is 0 Å². The van der Waals surface area contributed by atoms with Crippen molar-refractivity contribution in [2.24, 2.45) is 0 Å². The van der Waals surface area contributed by atoms with Gasteiger partial charge in [-0.2, -0.15) is 0 Å². The van der Waals surface area contributed by atoms with Gasteiger partial charge in [-0.05, 0) is 100 Å². The summed E-state index contributed by atoms with van der Waals surface area (Å²) in [5, 5.41) is 15.2. The van der Waals surface area contributed by atoms with Crippen LogP contribution in [0.5, 0.6) is 0 Å². The molecule has 9 heteroatoms. The standard InChI is InChI=1S/C50H38B8O/c51-42-38-35(26-15-12-23(13-16-26)27-19-20-30-28(22-27)17-14-24-6-1-3-8-29(24)30)39-41(45(54)49(58)47(56)43(39)52)37(40(38)44(53)48(57)46(42)55)32-10-5-11-34-36(32)33-21-18-25-7-2-4-9-31(25)50(33)59-34/h1-22H,51-58H2. The van der Waals surface area contributed by atoms with Crippen LogP contribution in [0.1, 0.15) is 0 Å². The number of furan rings is 1. The Morgan fingerprint density at radius 3 is 1.42 bits per heavy atom. The van der Waals surface area contributed by atoms with Gasteiger partial charge in [-0.1, -0.05) is 137 Å². The lowest BCUT2D eigenvalue weighted by Gasteiger charge is -2.28. The van der Waals surface area contributed by atoms with Crippen molar-refractivity contribution in [3.8, 4) is 33.4 Å². The van der Waals surface area contributed by atoms with Crippen molar-refractivity contribution in [3.05, 3.63) is 133 Å². The SMILES string of the molecule is Bc1c(B)c(B)c2c(-c3cccc4oc5c6ccccc6ccc5c34)c3c(B)c(B)c(B)c(B)c3c(-c3ccc(-c4ccc5c(ccc6ccccc65)c4)cc3)c2c1B. The highest BCUT2D eigenvalue weighted by Crippen LogP contribution is 2.46. The van der Waals surface area contributed by atoms with Gasteiger partial charge in [0.15, 0.2) is 0 Å². The van der Waals surface area contributed by atoms with Gasteiger partial charge in [-0.15, -0.1) is 21.9 Å². The summed E-state index contributed by atoms with van der Waals surface area (Å²) in [6, 6.07) is 49.3. The van der Waals surface area contributed by atoms with E-state index in [0.29, 0.717) is 0 Å². The predicted molar refractivity (Wildman–Crippen MR) is 283 cm³/mol. The molecule has 1 aromatic heterocycles. The van der Waals surface area contributed by atoms with E-state index in [-0.39, 0.29) is 0 Å². The molecule has 0 bridgehead atoms. The fourth-order valence-electron chi connectivity index (χ4n) is 10.5. The quantitative estimate of drug-likeness (QED) is 0.146. The lowest BCUT2D eigenvalue weighted by atomic mass is 9.59. The van der Waals surface area contributed by atoms with Crippen LogP contribution in [0.4, 0.5) is 0 Å². The van der Waals surface area contributed by atoms with Gasteiger partial charge >= 0.3 is 0 Å². The van der Waals surface area contributed by atoms with Gasteiger partial charge in [0.25, 0.3) is 0 Å². The first-order valence-corrected chi connectivity index (χ1v) is 20.9. The molecule has 1 heterocycles. The second-order valence-corrected chi connectivity index (χ2v) is 17.0. The van der Waals surface area contributed by atoms with Crippen LogP contribution in [0.25, 0.3) is 109 Å². The van der Waals surface area contributed by atoms with E-state index < -0.39 is 0 Å². The molecule has 59 heavy (non-hydrogen) atoms. The third kappa shape index (κ3) is 5.10. The highest BCUT2D eigenvalue weighted by atomic mass is 16.3. The predicted octanol–water partition coefficient (Wildman–Crippen LogP) is 0.420. The third-order valence-electron chi connectivity index (χ3n) is 14.3. The van der Waals surface area contributed by atoms with Crippen LogP contribution in [0.15, 0.2) is 138 Å². The summed E-state index contributed by atoms with van der Waals surface area (Å²) in [7, 11) is 18.6. The van der Waals surface area contributed by atoms with Gasteiger partial charge in [-0.25, -0.2) is 0 Å². The molecule has 0 N–H and O–H groups in total. The minimum Gasteiger partial charge on any atom is -0.455 e. The van der Waals surface area contributed by atoms with Gasteiger partial charge in [0.2, 0.25) is 0 Å². The first-order chi connectivity index (χ1) is 28.6. The first kappa shape index (κ1) is 35.9. The number of hydrogen-bond acceptors (Lipinski definition) is 1. The van der Waals surface area contributed by atoms with E-state index in [9.17, 15) is 0 Å². The monoisotopic (exact) mass is 742 g/mol. The van der Waals surface area contributed by atoms with E-state index in [1.54, 1.807) is 0 Å². The zero-order chi connectivity index (χ0) is 40.4. The maximum absolute atomic E-state index is 6.83. The number of benzene rings is 10. The lowest BCUT2D eigenvalue weighted by molar-refractivity contribution is 0.673. The molecule has 0 aliphatic carbocycles. The minimum absolute atomic E-state index is 0.924. The Labute approximate surface area is 351 Å². The second kappa shape index (κ2) is 13.2. The lowest BCUT2D eigenvalue weighted by Crippen LogP contribution is -2.50. The molecule has 1 nitrogen and oxygen atoms in total. The summed E-state index contributed by atoms with van der Waals surface area (Å²) in [5.41, 5.74) is 20.3. The zero-order valence-corrected chi connectivity index (χ0v) is 35.1. The Hall–Kier alpha value is -6.18. The van der Waals surface area contributed by atoms with E-state index >= 15 is 0 Å². The molecule has 0 atom stereocenters. The molecule has 10 aromatic carbocycles. The largest absolute Gasteiger partial charge is 0.455 e. The van der Waals surface area contributed by atoms with Crippen LogP contribution in [0, 0.1) is 0 Å². The van der Waals surface area contributed by atoms with E-state index in [1.807, 2.05) is 0 Å². The van der Waals surface area contributed by atoms with E-state index in [2.05, 4.69) is 196 Å². The molecule has 11 aromatic rings. The van der Waals surface area contributed by atoms with Gasteiger partial charge in [0.1, 0.15) is 73.9 Å². The van der Waals surface area contributed by atoms with Crippen LogP contribution >= 0.6 is 0 Å². The Morgan fingerprint density at radius 1 is 0.305 bits per heavy atom. The molecule has 0 saturated heterocycles. The highest BCUT2D eigenvalue weighted by Gasteiger charge is 2.27. The van der Waals surface area contributed by atoms with Crippen LogP contribution in [-0.2, 0) is 0 Å². The van der Waals surface area contributed by atoms with Crippen molar-refractivity contribution in [1.29, 1.82) is 0 Å². The summed E-state index contributed by atoms with van der Waals surface area (Å²) in [6.07, 6.45) is 0. The van der Waals surface area contributed by atoms with Crippen molar-refractivity contribution in [3.63, 3.8) is 0 Å². The molecule has 0 spiro atoms. The number of rotatable bonds is 3. The molecule has 0 aliphatic heterocycles. The molecule has 0 radical (unpaired) electrons. The Bertz CT molecular complexity index is 3560. The van der Waals surface area contributed by atoms with Crippen molar-refractivity contribution in [2.45, 2.75) is 0 Å². The van der Waals surface area contributed by atoms with E-state index in [0.717, 1.165) is 21.9 Å². The maximum atomic E-state index is 6.83. The van der Waals surface area contributed by atoms with Gasteiger partial charge < -0.3 is 4.42 Å². The van der Waals surface area contributed by atoms with Crippen LogP contribution in [0.2, 0.25) is 0 Å². The van der Waals surface area contributed by atoms with E-state index in [4.69, 9.17) is 4.42 Å². The second-order valence-electron chi connectivity index (χ2n) is 17.0. The number of hydrogen-bond donors (Lipinski definition) is 0. The van der Waals surface area contributed by atoms with Crippen molar-refractivity contribution < 1.29 is 4.42 Å². The molecule has 0 fully saturated rings. The van der Waals surface area contributed by atoms with Crippen LogP contribution in [-0.4, -0.2) is 62.8 Å². The summed E-state index contributed by atoms with van der Waals surface area (Å²) < 4.78 is 6.83. The maximum Gasteiger partial charge on any atom is 0.143 e. The average Bonchev–Trinajstić information content (AvgIpc) is 3.67. The fourth-order valence-corrected chi connectivity index (χ4v) is 10.5. The first-order valence-electron chi connectivity index (χ1n) is 20.9. The molecule has 0 amide bonds.